The number of amides is 1. The van der Waals surface area contributed by atoms with E-state index in [9.17, 15) is 20.2 Å². The number of hydroxylamine groups is 1. The first-order valence-corrected chi connectivity index (χ1v) is 8.18. The molecule has 0 unspecified atom stereocenters. The maximum absolute atomic E-state index is 12.0. The van der Waals surface area contributed by atoms with Gasteiger partial charge in [0.05, 0.1) is 5.69 Å². The third-order valence-corrected chi connectivity index (χ3v) is 3.94. The lowest BCUT2D eigenvalue weighted by molar-refractivity contribution is -0.123. The van der Waals surface area contributed by atoms with E-state index in [1.54, 1.807) is 12.1 Å². The van der Waals surface area contributed by atoms with Gasteiger partial charge in [0.2, 0.25) is 11.8 Å². The summed E-state index contributed by atoms with van der Waals surface area (Å²) in [4.78, 5) is 12.0. The number of carbonyl (C=O) groups excluding carboxylic acids is 1. The Hall–Kier alpha value is -2.47. The molecule has 0 saturated carbocycles. The smallest absolute Gasteiger partial charge is 0.250 e. The van der Waals surface area contributed by atoms with E-state index in [4.69, 9.17) is 0 Å². The van der Waals surface area contributed by atoms with Crippen molar-refractivity contribution >= 4 is 11.6 Å². The maximum atomic E-state index is 12.0. The van der Waals surface area contributed by atoms with Gasteiger partial charge in [0, 0.05) is 12.5 Å². The molecule has 1 amide bonds. The second-order valence-electron chi connectivity index (χ2n) is 5.90. The standard InChI is InChI=1S/C18H24N2O4/c1-3-4-5-6-7-16(21)20(24)15-12-17(22)19(18(15)23)14-10-8-13(2)9-11-14/h8-12,22-24H,3-7H2,1-2H3. The molecule has 130 valence electrons. The molecule has 0 aliphatic rings. The average Bonchev–Trinajstić information content (AvgIpc) is 2.86. The number of hydrogen-bond donors (Lipinski definition) is 3. The lowest BCUT2D eigenvalue weighted by Crippen LogP contribution is -2.26. The molecular formula is C18H24N2O4. The number of aromatic nitrogens is 1. The van der Waals surface area contributed by atoms with Crippen molar-refractivity contribution < 1.29 is 20.2 Å². The van der Waals surface area contributed by atoms with Crippen LogP contribution in [0, 0.1) is 6.92 Å². The van der Waals surface area contributed by atoms with Gasteiger partial charge in [-0.3, -0.25) is 10.0 Å². The predicted octanol–water partition coefficient (Wildman–Crippen LogP) is 3.89. The lowest BCUT2D eigenvalue weighted by Gasteiger charge is -2.14. The summed E-state index contributed by atoms with van der Waals surface area (Å²) in [5.41, 5.74) is 1.44. The summed E-state index contributed by atoms with van der Waals surface area (Å²) < 4.78 is 1.17. The molecule has 6 heteroatoms. The van der Waals surface area contributed by atoms with Crippen LogP contribution in [-0.2, 0) is 4.79 Å². The number of rotatable bonds is 7. The van der Waals surface area contributed by atoms with Crippen molar-refractivity contribution in [1.29, 1.82) is 0 Å². The first-order chi connectivity index (χ1) is 11.5. The van der Waals surface area contributed by atoms with Gasteiger partial charge in [-0.1, -0.05) is 43.9 Å². The molecule has 6 nitrogen and oxygen atoms in total. The number of unbranched alkanes of at least 4 members (excludes halogenated alkanes) is 3. The Kier molecular flexibility index (Phi) is 5.87. The highest BCUT2D eigenvalue weighted by Crippen LogP contribution is 2.37. The van der Waals surface area contributed by atoms with Crippen LogP contribution in [0.2, 0.25) is 0 Å². The minimum atomic E-state index is -0.512. The molecule has 0 fully saturated rings. The van der Waals surface area contributed by atoms with Crippen LogP contribution in [0.5, 0.6) is 11.8 Å². The highest BCUT2D eigenvalue weighted by molar-refractivity contribution is 5.92. The van der Waals surface area contributed by atoms with Crippen LogP contribution in [0.25, 0.3) is 5.69 Å². The first-order valence-electron chi connectivity index (χ1n) is 8.18. The predicted molar refractivity (Wildman–Crippen MR) is 91.9 cm³/mol. The minimum absolute atomic E-state index is 0.131. The van der Waals surface area contributed by atoms with E-state index in [1.807, 2.05) is 19.1 Å². The number of anilines is 1. The van der Waals surface area contributed by atoms with Crippen molar-refractivity contribution in [2.45, 2.75) is 46.0 Å². The number of carbonyl (C=O) groups is 1. The molecule has 0 atom stereocenters. The molecule has 3 N–H and O–H groups in total. The van der Waals surface area contributed by atoms with Gasteiger partial charge < -0.3 is 10.2 Å². The van der Waals surface area contributed by atoms with Gasteiger partial charge in [0.15, 0.2) is 0 Å². The Bertz CT molecular complexity index is 692. The van der Waals surface area contributed by atoms with Crippen LogP contribution in [0.3, 0.4) is 0 Å². The highest BCUT2D eigenvalue weighted by atomic mass is 16.5. The van der Waals surface area contributed by atoms with Crippen molar-refractivity contribution in [2.24, 2.45) is 0 Å². The van der Waals surface area contributed by atoms with Crippen LogP contribution < -0.4 is 5.06 Å². The second-order valence-corrected chi connectivity index (χ2v) is 5.90. The van der Waals surface area contributed by atoms with E-state index in [0.29, 0.717) is 17.2 Å². The largest absolute Gasteiger partial charge is 0.494 e. The molecule has 1 heterocycles. The Morgan fingerprint density at radius 2 is 1.79 bits per heavy atom. The molecule has 0 aliphatic heterocycles. The zero-order chi connectivity index (χ0) is 17.7. The van der Waals surface area contributed by atoms with E-state index in [0.717, 1.165) is 24.8 Å². The van der Waals surface area contributed by atoms with E-state index in [1.165, 1.54) is 10.6 Å². The third kappa shape index (κ3) is 3.89. The van der Waals surface area contributed by atoms with Crippen LogP contribution in [0.1, 0.15) is 44.6 Å². The van der Waals surface area contributed by atoms with Crippen molar-refractivity contribution in [3.63, 3.8) is 0 Å². The van der Waals surface area contributed by atoms with Gasteiger partial charge in [-0.25, -0.2) is 4.57 Å². The van der Waals surface area contributed by atoms with Gasteiger partial charge in [0.25, 0.3) is 5.91 Å². The number of aromatic hydroxyl groups is 2. The molecule has 2 rings (SSSR count). The van der Waals surface area contributed by atoms with Crippen molar-refractivity contribution in [3.8, 4) is 17.4 Å². The van der Waals surface area contributed by atoms with E-state index >= 15 is 0 Å². The first kappa shape index (κ1) is 17.9. The Labute approximate surface area is 141 Å². The third-order valence-electron chi connectivity index (χ3n) is 3.94. The molecule has 0 bridgehead atoms. The maximum Gasteiger partial charge on any atom is 0.250 e. The zero-order valence-corrected chi connectivity index (χ0v) is 14.1. The van der Waals surface area contributed by atoms with Crippen molar-refractivity contribution in [2.75, 3.05) is 5.06 Å². The van der Waals surface area contributed by atoms with Crippen LogP contribution in [-0.4, -0.2) is 25.9 Å². The number of benzene rings is 1. The molecular weight excluding hydrogens is 308 g/mol. The van der Waals surface area contributed by atoms with Crippen LogP contribution in [0.4, 0.5) is 5.69 Å². The molecule has 0 radical (unpaired) electrons. The van der Waals surface area contributed by atoms with E-state index < -0.39 is 5.91 Å². The summed E-state index contributed by atoms with van der Waals surface area (Å²) in [6.07, 6.45) is 3.87. The van der Waals surface area contributed by atoms with Gasteiger partial charge in [0.1, 0.15) is 5.69 Å². The van der Waals surface area contributed by atoms with Gasteiger partial charge in [-0.2, -0.15) is 5.06 Å². The normalized spacial score (nSPS) is 10.8. The van der Waals surface area contributed by atoms with E-state index in [-0.39, 0.29) is 23.9 Å². The second kappa shape index (κ2) is 7.88. The van der Waals surface area contributed by atoms with Crippen molar-refractivity contribution in [3.05, 3.63) is 35.9 Å². The summed E-state index contributed by atoms with van der Waals surface area (Å²) in [7, 11) is 0. The zero-order valence-electron chi connectivity index (χ0n) is 14.1. The highest BCUT2D eigenvalue weighted by Gasteiger charge is 2.23. The Balaban J connectivity index is 2.18. The monoisotopic (exact) mass is 332 g/mol. The summed E-state index contributed by atoms with van der Waals surface area (Å²) in [6.45, 7) is 4.01. The fourth-order valence-electron chi connectivity index (χ4n) is 2.52. The summed E-state index contributed by atoms with van der Waals surface area (Å²) in [5.74, 6) is -1.16. The SMILES string of the molecule is CCCCCCC(=O)N(O)c1cc(O)n(-c2ccc(C)cc2)c1O. The molecule has 1 aromatic heterocycles. The Morgan fingerprint density at radius 3 is 2.42 bits per heavy atom. The van der Waals surface area contributed by atoms with E-state index in [2.05, 4.69) is 6.92 Å². The topological polar surface area (TPSA) is 85.9 Å². The summed E-state index contributed by atoms with van der Waals surface area (Å²) >= 11 is 0. The minimum Gasteiger partial charge on any atom is -0.494 e. The van der Waals surface area contributed by atoms with Gasteiger partial charge >= 0.3 is 0 Å². The summed E-state index contributed by atoms with van der Waals surface area (Å²) in [5, 5.41) is 30.8. The summed E-state index contributed by atoms with van der Waals surface area (Å²) in [6, 6.07) is 8.30. The molecule has 24 heavy (non-hydrogen) atoms. The number of aryl methyl sites for hydroxylation is 1. The fourth-order valence-corrected chi connectivity index (χ4v) is 2.52. The van der Waals surface area contributed by atoms with Gasteiger partial charge in [-0.15, -0.1) is 0 Å². The molecule has 0 aliphatic carbocycles. The lowest BCUT2D eigenvalue weighted by atomic mass is 10.1. The molecule has 2 aromatic rings. The quantitative estimate of drug-likeness (QED) is 0.408. The molecule has 0 saturated heterocycles. The molecule has 0 spiro atoms. The number of hydrogen-bond acceptors (Lipinski definition) is 4. The number of nitrogens with zero attached hydrogens (tertiary/aromatic N) is 2. The Morgan fingerprint density at radius 1 is 1.12 bits per heavy atom. The average molecular weight is 332 g/mol. The van der Waals surface area contributed by atoms with Gasteiger partial charge in [-0.05, 0) is 25.5 Å². The van der Waals surface area contributed by atoms with Crippen LogP contribution >= 0.6 is 0 Å². The van der Waals surface area contributed by atoms with Crippen LogP contribution in [0.15, 0.2) is 30.3 Å². The molecule has 1 aromatic carbocycles. The van der Waals surface area contributed by atoms with Crippen molar-refractivity contribution in [1.82, 2.24) is 4.57 Å². The fraction of sp³-hybridized carbons (Fsp3) is 0.389.